The molecule has 0 spiro atoms. The van der Waals surface area contributed by atoms with Crippen LogP contribution in [0.5, 0.6) is 0 Å². The smallest absolute Gasteiger partial charge is 0.164 e. The average Bonchev–Trinajstić information content (AvgIpc) is 4.02. The fraction of sp³-hybridized carbons (Fsp3) is 0. The number of fused-ring (bicyclic) bond motifs is 10. The van der Waals surface area contributed by atoms with Crippen molar-refractivity contribution in [1.29, 1.82) is 0 Å². The topological polar surface area (TPSA) is 48.5 Å². The van der Waals surface area contributed by atoms with Crippen molar-refractivity contribution < 1.29 is 0 Å². The summed E-state index contributed by atoms with van der Waals surface area (Å²) in [6.07, 6.45) is 0. The molecule has 13 rings (SSSR count). The Balaban J connectivity index is 1.12. The lowest BCUT2D eigenvalue weighted by atomic mass is 9.99. The van der Waals surface area contributed by atoms with Crippen LogP contribution in [-0.2, 0) is 0 Å². The number of para-hydroxylation sites is 3. The SMILES string of the molecule is c1ccc(-c2nc(-c3ccccc3)nc(-c3cc(-c4ccc5c(c4)c4ccccc4n5-c4ccccc4)cc(-n4c5ccccc5c5ccc6c7ccccc7sc6c54)c3)n2)cc1. The molecule has 9 aromatic carbocycles. The van der Waals surface area contributed by atoms with Gasteiger partial charge in [-0.05, 0) is 71.8 Å². The van der Waals surface area contributed by atoms with Crippen molar-refractivity contribution in [3.05, 3.63) is 212 Å². The molecule has 0 atom stereocenters. The van der Waals surface area contributed by atoms with E-state index < -0.39 is 0 Å². The van der Waals surface area contributed by atoms with Crippen LogP contribution in [0.4, 0.5) is 0 Å². The van der Waals surface area contributed by atoms with Crippen LogP contribution in [0.3, 0.4) is 0 Å². The molecule has 0 bridgehead atoms. The van der Waals surface area contributed by atoms with E-state index >= 15 is 0 Å². The molecule has 6 heteroatoms. The van der Waals surface area contributed by atoms with E-state index in [0.29, 0.717) is 17.5 Å². The van der Waals surface area contributed by atoms with Crippen molar-refractivity contribution in [2.45, 2.75) is 0 Å². The number of thiophene rings is 1. The Hall–Kier alpha value is -8.19. The van der Waals surface area contributed by atoms with Crippen LogP contribution >= 0.6 is 11.3 Å². The molecule has 0 N–H and O–H groups in total. The molecule has 4 heterocycles. The van der Waals surface area contributed by atoms with Gasteiger partial charge in [0.05, 0.1) is 26.8 Å². The van der Waals surface area contributed by atoms with E-state index in [1.165, 1.54) is 52.8 Å². The minimum Gasteiger partial charge on any atom is -0.309 e. The van der Waals surface area contributed by atoms with E-state index in [4.69, 9.17) is 15.0 Å². The molecule has 0 saturated heterocycles. The zero-order valence-electron chi connectivity index (χ0n) is 33.9. The summed E-state index contributed by atoms with van der Waals surface area (Å²) < 4.78 is 7.38. The molecule has 13 aromatic rings. The Kier molecular flexibility index (Phi) is 8.01. The van der Waals surface area contributed by atoms with Crippen LogP contribution in [0.1, 0.15) is 0 Å². The summed E-state index contributed by atoms with van der Waals surface area (Å²) in [6.45, 7) is 0. The second kappa shape index (κ2) is 14.2. The standard InChI is InChI=1S/C57H35N5S/c1-4-16-36(17-5-1)55-58-56(37-18-6-2-7-19-37)60-57(59-55)40-32-39(38-28-31-51-48(35-38)44-23-11-13-25-49(44)61(51)41-20-8-3-9-21-41)33-42(34-40)62-50-26-14-10-22-43(50)46-29-30-47-45-24-12-15-27-52(45)63-54(47)53(46)62/h1-35H. The van der Waals surface area contributed by atoms with Gasteiger partial charge in [0.25, 0.3) is 0 Å². The molecule has 0 aliphatic carbocycles. The first-order chi connectivity index (χ1) is 31.2. The minimum absolute atomic E-state index is 0.611. The number of hydrogen-bond donors (Lipinski definition) is 0. The average molecular weight is 822 g/mol. The number of hydrogen-bond acceptors (Lipinski definition) is 4. The van der Waals surface area contributed by atoms with E-state index in [9.17, 15) is 0 Å². The number of aromatic nitrogens is 5. The van der Waals surface area contributed by atoms with Crippen molar-refractivity contribution >= 4 is 75.1 Å². The summed E-state index contributed by atoms with van der Waals surface area (Å²) >= 11 is 1.86. The van der Waals surface area contributed by atoms with Crippen molar-refractivity contribution in [3.8, 4) is 56.7 Å². The summed E-state index contributed by atoms with van der Waals surface area (Å²) in [4.78, 5) is 15.6. The first kappa shape index (κ1) is 35.6. The van der Waals surface area contributed by atoms with Crippen molar-refractivity contribution in [3.63, 3.8) is 0 Å². The fourth-order valence-corrected chi connectivity index (χ4v) is 10.7. The quantitative estimate of drug-likeness (QED) is 0.168. The summed E-state index contributed by atoms with van der Waals surface area (Å²) in [5.41, 5.74) is 11.8. The van der Waals surface area contributed by atoms with E-state index in [0.717, 1.165) is 50.2 Å². The second-order valence-corrected chi connectivity index (χ2v) is 17.1. The molecule has 0 aliphatic rings. The lowest BCUT2D eigenvalue weighted by Gasteiger charge is -2.15. The molecule has 0 radical (unpaired) electrons. The van der Waals surface area contributed by atoms with E-state index in [1.807, 2.05) is 47.7 Å². The molecule has 0 aliphatic heterocycles. The van der Waals surface area contributed by atoms with Crippen LogP contribution in [0.25, 0.3) is 120 Å². The Labute approximate surface area is 366 Å². The van der Waals surface area contributed by atoms with Gasteiger partial charge in [0.1, 0.15) is 0 Å². The summed E-state index contributed by atoms with van der Waals surface area (Å²) in [6, 6.07) is 75.6. The Bertz CT molecular complexity index is 3850. The highest BCUT2D eigenvalue weighted by molar-refractivity contribution is 7.26. The monoisotopic (exact) mass is 821 g/mol. The third-order valence-electron chi connectivity index (χ3n) is 12.3. The Morgan fingerprint density at radius 2 is 0.825 bits per heavy atom. The minimum atomic E-state index is 0.611. The van der Waals surface area contributed by atoms with Gasteiger partial charge in [-0.15, -0.1) is 11.3 Å². The van der Waals surface area contributed by atoms with Gasteiger partial charge in [0.2, 0.25) is 0 Å². The van der Waals surface area contributed by atoms with Crippen molar-refractivity contribution in [1.82, 2.24) is 24.1 Å². The first-order valence-corrected chi connectivity index (χ1v) is 22.0. The molecule has 0 unspecified atom stereocenters. The van der Waals surface area contributed by atoms with Gasteiger partial charge in [0.15, 0.2) is 17.5 Å². The largest absolute Gasteiger partial charge is 0.309 e. The predicted octanol–water partition coefficient (Wildman–Crippen LogP) is 15.1. The number of benzene rings is 9. The van der Waals surface area contributed by atoms with Gasteiger partial charge in [-0.1, -0.05) is 152 Å². The second-order valence-electron chi connectivity index (χ2n) is 16.0. The number of nitrogens with zero attached hydrogens (tertiary/aromatic N) is 5. The molecule has 0 fully saturated rings. The molecule has 0 saturated carbocycles. The molecule has 5 nitrogen and oxygen atoms in total. The molecule has 4 aromatic heterocycles. The lowest BCUT2D eigenvalue weighted by Crippen LogP contribution is -2.02. The zero-order valence-corrected chi connectivity index (χ0v) is 34.7. The highest BCUT2D eigenvalue weighted by atomic mass is 32.1. The van der Waals surface area contributed by atoms with E-state index in [1.54, 1.807) is 0 Å². The van der Waals surface area contributed by atoms with Crippen molar-refractivity contribution in [2.75, 3.05) is 0 Å². The van der Waals surface area contributed by atoms with E-state index in [2.05, 4.69) is 185 Å². The summed E-state index contributed by atoms with van der Waals surface area (Å²) in [5, 5.41) is 7.39. The maximum Gasteiger partial charge on any atom is 0.164 e. The van der Waals surface area contributed by atoms with Gasteiger partial charge in [-0.25, -0.2) is 15.0 Å². The summed E-state index contributed by atoms with van der Waals surface area (Å²) in [7, 11) is 0. The van der Waals surface area contributed by atoms with Gasteiger partial charge < -0.3 is 9.13 Å². The predicted molar refractivity (Wildman–Crippen MR) is 263 cm³/mol. The van der Waals surface area contributed by atoms with Gasteiger partial charge in [0, 0.05) is 65.1 Å². The van der Waals surface area contributed by atoms with Crippen LogP contribution in [-0.4, -0.2) is 24.1 Å². The molecule has 294 valence electrons. The van der Waals surface area contributed by atoms with Gasteiger partial charge in [-0.3, -0.25) is 0 Å². The van der Waals surface area contributed by atoms with Crippen LogP contribution in [0.2, 0.25) is 0 Å². The first-order valence-electron chi connectivity index (χ1n) is 21.2. The van der Waals surface area contributed by atoms with Gasteiger partial charge >= 0.3 is 0 Å². The van der Waals surface area contributed by atoms with Gasteiger partial charge in [-0.2, -0.15) is 0 Å². The van der Waals surface area contributed by atoms with Crippen LogP contribution in [0.15, 0.2) is 212 Å². The molecular formula is C57H35N5S. The molecule has 63 heavy (non-hydrogen) atoms. The molecular weight excluding hydrogens is 787 g/mol. The fourth-order valence-electron chi connectivity index (χ4n) is 9.48. The Morgan fingerprint density at radius 1 is 0.302 bits per heavy atom. The Morgan fingerprint density at radius 3 is 1.52 bits per heavy atom. The van der Waals surface area contributed by atoms with Crippen LogP contribution < -0.4 is 0 Å². The van der Waals surface area contributed by atoms with E-state index in [-0.39, 0.29) is 0 Å². The highest BCUT2D eigenvalue weighted by Gasteiger charge is 2.21. The third-order valence-corrected chi connectivity index (χ3v) is 13.5. The third kappa shape index (κ3) is 5.73. The van der Waals surface area contributed by atoms with Crippen molar-refractivity contribution in [2.24, 2.45) is 0 Å². The maximum absolute atomic E-state index is 5.26. The normalized spacial score (nSPS) is 11.8. The highest BCUT2D eigenvalue weighted by Crippen LogP contribution is 2.44. The number of rotatable bonds is 6. The van der Waals surface area contributed by atoms with Crippen LogP contribution in [0, 0.1) is 0 Å². The summed E-state index contributed by atoms with van der Waals surface area (Å²) in [5.74, 6) is 1.87. The molecule has 0 amide bonds. The lowest BCUT2D eigenvalue weighted by molar-refractivity contribution is 1.07. The maximum atomic E-state index is 5.26. The zero-order chi connectivity index (χ0) is 41.4.